The summed E-state index contributed by atoms with van der Waals surface area (Å²) in [5.74, 6) is 0.506. The Labute approximate surface area is 98.1 Å². The summed E-state index contributed by atoms with van der Waals surface area (Å²) in [6, 6.07) is 6.47. The molecule has 0 spiro atoms. The van der Waals surface area contributed by atoms with Crippen molar-refractivity contribution in [2.24, 2.45) is 0 Å². The van der Waals surface area contributed by atoms with Crippen molar-refractivity contribution in [2.75, 3.05) is 0 Å². The Hall–Kier alpha value is -1.75. The first-order valence-electron chi connectivity index (χ1n) is 5.38. The number of aromatic nitrogens is 2. The maximum Gasteiger partial charge on any atom is 0.229 e. The third-order valence-corrected chi connectivity index (χ3v) is 2.29. The minimum Gasteiger partial charge on any atom is -0.393 e. The van der Waals surface area contributed by atoms with Crippen LogP contribution in [-0.4, -0.2) is 21.4 Å². The SMILES string of the molecule is CC(O)Cc1nc(Cc2ccccc2F)no1. The van der Waals surface area contributed by atoms with E-state index in [1.807, 2.05) is 0 Å². The maximum absolute atomic E-state index is 13.4. The number of rotatable bonds is 4. The number of benzene rings is 1. The molecule has 1 atom stereocenters. The highest BCUT2D eigenvalue weighted by atomic mass is 19.1. The molecule has 1 N–H and O–H groups in total. The summed E-state index contributed by atoms with van der Waals surface area (Å²) in [6.45, 7) is 1.64. The molecule has 1 aromatic carbocycles. The van der Waals surface area contributed by atoms with Crippen LogP contribution in [0.1, 0.15) is 24.2 Å². The van der Waals surface area contributed by atoms with E-state index in [0.29, 0.717) is 23.7 Å². The summed E-state index contributed by atoms with van der Waals surface area (Å²) in [4.78, 5) is 4.08. The van der Waals surface area contributed by atoms with Crippen LogP contribution < -0.4 is 0 Å². The second-order valence-electron chi connectivity index (χ2n) is 3.93. The smallest absolute Gasteiger partial charge is 0.229 e. The largest absolute Gasteiger partial charge is 0.393 e. The number of halogens is 1. The van der Waals surface area contributed by atoms with E-state index in [0.717, 1.165) is 0 Å². The molecule has 1 unspecified atom stereocenters. The molecule has 0 aliphatic carbocycles. The maximum atomic E-state index is 13.4. The van der Waals surface area contributed by atoms with E-state index in [4.69, 9.17) is 9.63 Å². The quantitative estimate of drug-likeness (QED) is 0.878. The highest BCUT2D eigenvalue weighted by Crippen LogP contribution is 2.11. The van der Waals surface area contributed by atoms with E-state index >= 15 is 0 Å². The molecule has 2 rings (SSSR count). The first-order valence-corrected chi connectivity index (χ1v) is 5.38. The lowest BCUT2D eigenvalue weighted by atomic mass is 10.1. The second-order valence-corrected chi connectivity index (χ2v) is 3.93. The molecule has 0 saturated carbocycles. The van der Waals surface area contributed by atoms with Crippen molar-refractivity contribution < 1.29 is 14.0 Å². The van der Waals surface area contributed by atoms with Crippen molar-refractivity contribution in [3.63, 3.8) is 0 Å². The summed E-state index contributed by atoms with van der Waals surface area (Å²) < 4.78 is 18.3. The van der Waals surface area contributed by atoms with Gasteiger partial charge in [-0.2, -0.15) is 4.98 Å². The van der Waals surface area contributed by atoms with E-state index in [1.54, 1.807) is 25.1 Å². The predicted octanol–water partition coefficient (Wildman–Crippen LogP) is 1.72. The predicted molar refractivity (Wildman–Crippen MR) is 58.9 cm³/mol. The second kappa shape index (κ2) is 5.05. The lowest BCUT2D eigenvalue weighted by Crippen LogP contribution is -2.04. The Morgan fingerprint density at radius 1 is 1.41 bits per heavy atom. The summed E-state index contributed by atoms with van der Waals surface area (Å²) in [7, 11) is 0. The Bertz CT molecular complexity index is 497. The van der Waals surface area contributed by atoms with E-state index in [-0.39, 0.29) is 12.2 Å². The molecule has 0 aliphatic heterocycles. The number of hydrogen-bond acceptors (Lipinski definition) is 4. The Morgan fingerprint density at radius 2 is 2.18 bits per heavy atom. The van der Waals surface area contributed by atoms with Gasteiger partial charge in [0.15, 0.2) is 5.82 Å². The molecule has 0 fully saturated rings. The molecular weight excluding hydrogens is 223 g/mol. The molecular formula is C12H13FN2O2. The average Bonchev–Trinajstić information content (AvgIpc) is 2.68. The third-order valence-electron chi connectivity index (χ3n) is 2.29. The Balaban J connectivity index is 2.09. The summed E-state index contributed by atoms with van der Waals surface area (Å²) in [5.41, 5.74) is 0.525. The zero-order valence-electron chi connectivity index (χ0n) is 9.43. The van der Waals surface area contributed by atoms with Crippen molar-refractivity contribution in [1.82, 2.24) is 10.1 Å². The number of aliphatic hydroxyl groups is 1. The van der Waals surface area contributed by atoms with Crippen LogP contribution in [0.25, 0.3) is 0 Å². The molecule has 1 heterocycles. The van der Waals surface area contributed by atoms with Gasteiger partial charge in [-0.1, -0.05) is 23.4 Å². The van der Waals surface area contributed by atoms with Gasteiger partial charge in [-0.3, -0.25) is 0 Å². The van der Waals surface area contributed by atoms with Gasteiger partial charge in [0, 0.05) is 6.42 Å². The molecule has 0 radical (unpaired) electrons. The molecule has 0 amide bonds. The molecule has 0 saturated heterocycles. The number of aliphatic hydroxyl groups excluding tert-OH is 1. The van der Waals surface area contributed by atoms with Gasteiger partial charge >= 0.3 is 0 Å². The summed E-state index contributed by atoms with van der Waals surface area (Å²) >= 11 is 0. The van der Waals surface area contributed by atoms with Gasteiger partial charge in [-0.15, -0.1) is 0 Å². The average molecular weight is 236 g/mol. The third kappa shape index (κ3) is 3.10. The van der Waals surface area contributed by atoms with Crippen LogP contribution in [-0.2, 0) is 12.8 Å². The van der Waals surface area contributed by atoms with E-state index in [2.05, 4.69) is 10.1 Å². The fraction of sp³-hybridized carbons (Fsp3) is 0.333. The Kier molecular flexibility index (Phi) is 3.49. The molecule has 1 aromatic heterocycles. The van der Waals surface area contributed by atoms with Crippen molar-refractivity contribution in [3.05, 3.63) is 47.4 Å². The van der Waals surface area contributed by atoms with Gasteiger partial charge in [-0.25, -0.2) is 4.39 Å². The van der Waals surface area contributed by atoms with Crippen LogP contribution in [0.2, 0.25) is 0 Å². The van der Waals surface area contributed by atoms with Crippen molar-refractivity contribution in [1.29, 1.82) is 0 Å². The fourth-order valence-electron chi connectivity index (χ4n) is 1.51. The van der Waals surface area contributed by atoms with Gasteiger partial charge in [-0.05, 0) is 18.6 Å². The molecule has 5 heteroatoms. The van der Waals surface area contributed by atoms with Gasteiger partial charge in [0.25, 0.3) is 0 Å². The molecule has 0 bridgehead atoms. The summed E-state index contributed by atoms with van der Waals surface area (Å²) in [6.07, 6.45) is 0.0667. The van der Waals surface area contributed by atoms with Crippen LogP contribution in [0.4, 0.5) is 4.39 Å². The standard InChI is InChI=1S/C12H13FN2O2/c1-8(16)6-12-14-11(15-17-12)7-9-4-2-3-5-10(9)13/h2-5,8,16H,6-7H2,1H3. The lowest BCUT2D eigenvalue weighted by molar-refractivity contribution is 0.181. The molecule has 0 aliphatic rings. The van der Waals surface area contributed by atoms with Gasteiger partial charge in [0.05, 0.1) is 12.5 Å². The van der Waals surface area contributed by atoms with Crippen LogP contribution >= 0.6 is 0 Å². The minimum atomic E-state index is -0.531. The monoisotopic (exact) mass is 236 g/mol. The highest BCUT2D eigenvalue weighted by molar-refractivity contribution is 5.20. The zero-order chi connectivity index (χ0) is 12.3. The summed E-state index contributed by atoms with van der Waals surface area (Å²) in [5, 5.41) is 12.9. The molecule has 4 nitrogen and oxygen atoms in total. The van der Waals surface area contributed by atoms with E-state index < -0.39 is 6.10 Å². The molecule has 17 heavy (non-hydrogen) atoms. The van der Waals surface area contributed by atoms with Crippen LogP contribution in [0.15, 0.2) is 28.8 Å². The van der Waals surface area contributed by atoms with Gasteiger partial charge in [0.2, 0.25) is 5.89 Å². The van der Waals surface area contributed by atoms with Crippen molar-refractivity contribution >= 4 is 0 Å². The number of hydrogen-bond donors (Lipinski definition) is 1. The van der Waals surface area contributed by atoms with E-state index in [1.165, 1.54) is 6.07 Å². The first-order chi connectivity index (χ1) is 8.15. The van der Waals surface area contributed by atoms with Gasteiger partial charge < -0.3 is 9.63 Å². The normalized spacial score (nSPS) is 12.6. The van der Waals surface area contributed by atoms with Crippen LogP contribution in [0, 0.1) is 5.82 Å². The van der Waals surface area contributed by atoms with Gasteiger partial charge in [0.1, 0.15) is 5.82 Å². The zero-order valence-corrected chi connectivity index (χ0v) is 9.43. The van der Waals surface area contributed by atoms with Crippen LogP contribution in [0.3, 0.4) is 0 Å². The molecule has 2 aromatic rings. The van der Waals surface area contributed by atoms with Crippen LogP contribution in [0.5, 0.6) is 0 Å². The van der Waals surface area contributed by atoms with Crippen molar-refractivity contribution in [3.8, 4) is 0 Å². The number of nitrogens with zero attached hydrogens (tertiary/aromatic N) is 2. The minimum absolute atomic E-state index is 0.283. The Morgan fingerprint density at radius 3 is 2.88 bits per heavy atom. The fourth-order valence-corrected chi connectivity index (χ4v) is 1.51. The lowest BCUT2D eigenvalue weighted by Gasteiger charge is -1.98. The topological polar surface area (TPSA) is 59.2 Å². The van der Waals surface area contributed by atoms with Crippen molar-refractivity contribution in [2.45, 2.75) is 25.9 Å². The van der Waals surface area contributed by atoms with E-state index in [9.17, 15) is 4.39 Å². The molecule has 90 valence electrons. The first kappa shape index (κ1) is 11.7. The highest BCUT2D eigenvalue weighted by Gasteiger charge is 2.11.